The molecule has 0 radical (unpaired) electrons. The first-order valence-electron chi connectivity index (χ1n) is 16.2. The normalized spacial score (nSPS) is 37.8. The van der Waals surface area contributed by atoms with Crippen LogP contribution in [0.15, 0.2) is 60.7 Å². The molecule has 0 aromatic heterocycles. The van der Waals surface area contributed by atoms with Crippen molar-refractivity contribution in [3.63, 3.8) is 0 Å². The van der Waals surface area contributed by atoms with Gasteiger partial charge >= 0.3 is 5.97 Å². The lowest BCUT2D eigenvalue weighted by Crippen LogP contribution is -2.64. The second-order valence-electron chi connectivity index (χ2n) is 12.3. The Kier molecular flexibility index (Phi) is 13.3. The highest BCUT2D eigenvalue weighted by atomic mass is 16.7. The van der Waals surface area contributed by atoms with Gasteiger partial charge in [-0.3, -0.25) is 0 Å². The summed E-state index contributed by atoms with van der Waals surface area (Å²) < 4.78 is 39.8. The third kappa shape index (κ3) is 9.42. The van der Waals surface area contributed by atoms with Crippen molar-refractivity contribution in [3.05, 3.63) is 71.8 Å². The van der Waals surface area contributed by atoms with Gasteiger partial charge in [0, 0.05) is 6.08 Å². The van der Waals surface area contributed by atoms with E-state index >= 15 is 0 Å². The van der Waals surface area contributed by atoms with Crippen LogP contribution in [-0.2, 0) is 44.4 Å². The first kappa shape index (κ1) is 38.2. The molecule has 0 saturated carbocycles. The molecule has 5 rings (SSSR count). The summed E-state index contributed by atoms with van der Waals surface area (Å²) in [6.45, 7) is 0.691. The SMILES string of the molecule is C[C@@H]1O[C@@H](OC[C@H]2O[C@@H](OCCc3ccc(O)cc3)[C@H](O)[C@@H](O)[C@@H]2O)[C@H](O)[C@H](O[C@@H]2OC[C@@H](O)[C@H](O)[C@H]2O)[C@H]1OC(=O)C=Cc1ccccc1. The van der Waals surface area contributed by atoms with Crippen LogP contribution in [0.3, 0.4) is 0 Å². The Labute approximate surface area is 287 Å². The highest BCUT2D eigenvalue weighted by Crippen LogP contribution is 2.31. The number of phenols is 1. The van der Waals surface area contributed by atoms with Crippen LogP contribution in [0.25, 0.3) is 6.08 Å². The fourth-order valence-corrected chi connectivity index (χ4v) is 5.74. The predicted octanol–water partition coefficient (Wildman–Crippen LogP) is -1.67. The van der Waals surface area contributed by atoms with Crippen molar-refractivity contribution in [2.45, 2.75) is 99.4 Å². The van der Waals surface area contributed by atoms with E-state index in [2.05, 4.69) is 0 Å². The van der Waals surface area contributed by atoms with Gasteiger partial charge in [-0.25, -0.2) is 4.79 Å². The lowest BCUT2D eigenvalue weighted by atomic mass is 9.98. The number of rotatable bonds is 12. The molecule has 2 aromatic rings. The van der Waals surface area contributed by atoms with Crippen molar-refractivity contribution in [1.82, 2.24) is 0 Å². The Bertz CT molecular complexity index is 1380. The number of hydrogen-bond acceptors (Lipinski definition) is 16. The Hall–Kier alpha value is -3.07. The number of benzene rings is 2. The third-order valence-electron chi connectivity index (χ3n) is 8.66. The molecule has 3 aliphatic rings. The van der Waals surface area contributed by atoms with Gasteiger partial charge in [0.05, 0.1) is 25.9 Å². The average molecular weight is 709 g/mol. The largest absolute Gasteiger partial charge is 0.508 e. The maximum Gasteiger partial charge on any atom is 0.331 e. The molecule has 0 amide bonds. The van der Waals surface area contributed by atoms with Crippen molar-refractivity contribution in [3.8, 4) is 5.75 Å². The lowest BCUT2D eigenvalue weighted by molar-refractivity contribution is -0.354. The fourth-order valence-electron chi connectivity index (χ4n) is 5.74. The molecule has 0 aliphatic carbocycles. The molecule has 276 valence electrons. The molecular formula is C34H44O16. The summed E-state index contributed by atoms with van der Waals surface area (Å²) in [7, 11) is 0. The van der Waals surface area contributed by atoms with Gasteiger partial charge in [-0.15, -0.1) is 0 Å². The molecule has 0 spiro atoms. The molecule has 3 fully saturated rings. The number of hydrogen-bond donors (Lipinski definition) is 8. The van der Waals surface area contributed by atoms with Crippen molar-refractivity contribution < 1.29 is 78.8 Å². The van der Waals surface area contributed by atoms with E-state index < -0.39 is 105 Å². The summed E-state index contributed by atoms with van der Waals surface area (Å²) in [6.07, 6.45) is -17.8. The number of aliphatic hydroxyl groups excluding tert-OH is 7. The first-order chi connectivity index (χ1) is 23.9. The van der Waals surface area contributed by atoms with Crippen LogP contribution in [0, 0.1) is 0 Å². The van der Waals surface area contributed by atoms with Gasteiger partial charge in [0.1, 0.15) is 60.7 Å². The minimum Gasteiger partial charge on any atom is -0.508 e. The first-order valence-corrected chi connectivity index (χ1v) is 16.2. The van der Waals surface area contributed by atoms with Crippen molar-refractivity contribution in [2.24, 2.45) is 0 Å². The molecule has 3 saturated heterocycles. The molecule has 3 heterocycles. The number of ether oxygens (including phenoxy) is 7. The van der Waals surface area contributed by atoms with Crippen LogP contribution in [-0.4, -0.2) is 153 Å². The molecule has 0 unspecified atom stereocenters. The zero-order valence-corrected chi connectivity index (χ0v) is 27.1. The Morgan fingerprint density at radius 2 is 1.46 bits per heavy atom. The van der Waals surface area contributed by atoms with Gasteiger partial charge in [0.25, 0.3) is 0 Å². The van der Waals surface area contributed by atoms with Crippen LogP contribution < -0.4 is 0 Å². The zero-order chi connectivity index (χ0) is 35.9. The molecule has 16 nitrogen and oxygen atoms in total. The Balaban J connectivity index is 1.24. The van der Waals surface area contributed by atoms with Gasteiger partial charge in [0.15, 0.2) is 25.0 Å². The summed E-state index contributed by atoms with van der Waals surface area (Å²) >= 11 is 0. The topological polar surface area (TPSA) is 244 Å². The van der Waals surface area contributed by atoms with Gasteiger partial charge < -0.3 is 74.0 Å². The second kappa shape index (κ2) is 17.4. The standard InChI is InChI=1S/C34H44O16/c1-17-30(49-23(37)12-9-18-5-3-2-4-6-18)31(50-33-27(41)24(38)21(36)15-45-33)29(43)34(47-17)46-16-22-25(39)26(40)28(42)32(48-22)44-14-13-19-7-10-20(35)11-8-19/h2-12,17,21-22,24-36,38-43H,13-16H2,1H3/t17-,21+,22+,24-,25+,26-,27+,28+,29+,30-,31-,32+,33-,34+/m0/s1. The van der Waals surface area contributed by atoms with Crippen LogP contribution in [0.2, 0.25) is 0 Å². The molecular weight excluding hydrogens is 664 g/mol. The van der Waals surface area contributed by atoms with E-state index in [1.807, 2.05) is 6.07 Å². The number of esters is 1. The summed E-state index contributed by atoms with van der Waals surface area (Å²) in [6, 6.07) is 15.4. The number of phenolic OH excluding ortho intramolecular Hbond substituents is 1. The van der Waals surface area contributed by atoms with E-state index in [1.54, 1.807) is 36.4 Å². The van der Waals surface area contributed by atoms with Crippen LogP contribution in [0.1, 0.15) is 18.1 Å². The van der Waals surface area contributed by atoms with Gasteiger partial charge in [-0.2, -0.15) is 0 Å². The number of carbonyl (C=O) groups is 1. The van der Waals surface area contributed by atoms with Gasteiger partial charge in [0.2, 0.25) is 0 Å². The van der Waals surface area contributed by atoms with Crippen molar-refractivity contribution in [1.29, 1.82) is 0 Å². The van der Waals surface area contributed by atoms with E-state index in [9.17, 15) is 45.6 Å². The molecule has 0 bridgehead atoms. The third-order valence-corrected chi connectivity index (χ3v) is 8.66. The predicted molar refractivity (Wildman–Crippen MR) is 169 cm³/mol. The van der Waals surface area contributed by atoms with E-state index in [1.165, 1.54) is 31.2 Å². The van der Waals surface area contributed by atoms with Crippen LogP contribution in [0.4, 0.5) is 0 Å². The smallest absolute Gasteiger partial charge is 0.331 e. The Morgan fingerprint density at radius 1 is 0.780 bits per heavy atom. The summed E-state index contributed by atoms with van der Waals surface area (Å²) in [5.41, 5.74) is 1.55. The second-order valence-corrected chi connectivity index (χ2v) is 12.3. The molecule has 2 aromatic carbocycles. The van der Waals surface area contributed by atoms with Gasteiger partial charge in [-0.1, -0.05) is 42.5 Å². The fraction of sp³-hybridized carbons (Fsp3) is 0.559. The molecule has 14 atom stereocenters. The molecule has 16 heteroatoms. The molecule has 3 aliphatic heterocycles. The molecule has 50 heavy (non-hydrogen) atoms. The summed E-state index contributed by atoms with van der Waals surface area (Å²) in [5.74, 6) is -0.705. The lowest BCUT2D eigenvalue weighted by Gasteiger charge is -2.46. The zero-order valence-electron chi connectivity index (χ0n) is 27.1. The summed E-state index contributed by atoms with van der Waals surface area (Å²) in [5, 5.41) is 83.1. The highest BCUT2D eigenvalue weighted by molar-refractivity contribution is 5.87. The average Bonchev–Trinajstić information content (AvgIpc) is 3.11. The van der Waals surface area contributed by atoms with Crippen LogP contribution in [0.5, 0.6) is 5.75 Å². The van der Waals surface area contributed by atoms with Crippen molar-refractivity contribution in [2.75, 3.05) is 19.8 Å². The maximum atomic E-state index is 12.8. The van der Waals surface area contributed by atoms with E-state index in [0.29, 0.717) is 6.42 Å². The Morgan fingerprint density at radius 3 is 2.18 bits per heavy atom. The number of aliphatic hydroxyl groups is 7. The monoisotopic (exact) mass is 708 g/mol. The summed E-state index contributed by atoms with van der Waals surface area (Å²) in [4.78, 5) is 12.8. The van der Waals surface area contributed by atoms with Crippen LogP contribution >= 0.6 is 0 Å². The van der Waals surface area contributed by atoms with E-state index in [-0.39, 0.29) is 12.4 Å². The van der Waals surface area contributed by atoms with E-state index in [4.69, 9.17) is 33.2 Å². The van der Waals surface area contributed by atoms with Gasteiger partial charge in [-0.05, 0) is 42.7 Å². The van der Waals surface area contributed by atoms with Crippen molar-refractivity contribution >= 4 is 12.0 Å². The minimum absolute atomic E-state index is 0.0609. The molecule has 8 N–H and O–H groups in total. The highest BCUT2D eigenvalue weighted by Gasteiger charge is 2.51. The quantitative estimate of drug-likeness (QED) is 0.0908. The maximum absolute atomic E-state index is 12.8. The van der Waals surface area contributed by atoms with E-state index in [0.717, 1.165) is 11.1 Å². The number of aromatic hydroxyl groups is 1. The number of carbonyl (C=O) groups excluding carboxylic acids is 1. The minimum atomic E-state index is -1.73.